The van der Waals surface area contributed by atoms with E-state index in [0.717, 1.165) is 4.90 Å². The predicted molar refractivity (Wildman–Crippen MR) is 61.0 cm³/mol. The molecule has 1 saturated heterocycles. The molecular weight excluding hydrogens is 258 g/mol. The number of hydrogen-bond donors (Lipinski definition) is 2. The second-order valence-corrected chi connectivity index (χ2v) is 4.86. The summed E-state index contributed by atoms with van der Waals surface area (Å²) in [6, 6.07) is 0.949. The maximum Gasteiger partial charge on any atom is 0.352 e. The molecule has 2 aliphatic heterocycles. The highest BCUT2D eigenvalue weighted by Gasteiger charge is 2.52. The van der Waals surface area contributed by atoms with Gasteiger partial charge in [-0.05, 0) is 6.08 Å². The van der Waals surface area contributed by atoms with Gasteiger partial charge in [-0.1, -0.05) is 0 Å². The van der Waals surface area contributed by atoms with Crippen molar-refractivity contribution in [2.75, 3.05) is 5.75 Å². The van der Waals surface area contributed by atoms with Crippen LogP contribution in [-0.4, -0.2) is 45.0 Å². The summed E-state index contributed by atoms with van der Waals surface area (Å²) in [5, 5.41) is 19.3. The second-order valence-electron chi connectivity index (χ2n) is 3.71. The van der Waals surface area contributed by atoms with Crippen LogP contribution >= 0.6 is 11.8 Å². The zero-order valence-corrected chi connectivity index (χ0v) is 9.94. The summed E-state index contributed by atoms with van der Waals surface area (Å²) in [5.41, 5.74) is -0.0467. The molecule has 0 saturated carbocycles. The fourth-order valence-electron chi connectivity index (χ4n) is 1.83. The first-order valence-corrected chi connectivity index (χ1v) is 6.15. The summed E-state index contributed by atoms with van der Waals surface area (Å²) >= 11 is 1.37. The van der Waals surface area contributed by atoms with E-state index in [0.29, 0.717) is 5.75 Å². The summed E-state index contributed by atoms with van der Waals surface area (Å²) in [7, 11) is 0. The van der Waals surface area contributed by atoms with Crippen molar-refractivity contribution in [1.82, 2.24) is 10.2 Å². The fraction of sp³-hybridized carbons (Fsp3) is 0.400. The molecule has 2 heterocycles. The van der Waals surface area contributed by atoms with Crippen LogP contribution in [-0.2, 0) is 14.4 Å². The number of carbonyl (C=O) groups is 3. The van der Waals surface area contributed by atoms with Crippen LogP contribution in [0.2, 0.25) is 0 Å². The number of thioether (sulfide) groups is 1. The Kier molecular flexibility index (Phi) is 3.25. The summed E-state index contributed by atoms with van der Waals surface area (Å²) in [5.74, 6) is -1.66. The van der Waals surface area contributed by atoms with E-state index in [2.05, 4.69) is 5.32 Å². The van der Waals surface area contributed by atoms with E-state index in [-0.39, 0.29) is 12.1 Å². The van der Waals surface area contributed by atoms with Gasteiger partial charge in [-0.3, -0.25) is 14.5 Å². The average Bonchev–Trinajstić information content (AvgIpc) is 2.35. The lowest BCUT2D eigenvalue weighted by Gasteiger charge is -2.48. The van der Waals surface area contributed by atoms with Gasteiger partial charge in [0.1, 0.15) is 23.5 Å². The summed E-state index contributed by atoms with van der Waals surface area (Å²) in [6.45, 7) is 0. The number of nitrogens with zero attached hydrogens (tertiary/aromatic N) is 2. The quantitative estimate of drug-likeness (QED) is 0.652. The van der Waals surface area contributed by atoms with Crippen molar-refractivity contribution < 1.29 is 19.5 Å². The summed E-state index contributed by atoms with van der Waals surface area (Å²) < 4.78 is 0. The number of rotatable bonds is 3. The van der Waals surface area contributed by atoms with Crippen LogP contribution in [0.25, 0.3) is 0 Å². The van der Waals surface area contributed by atoms with Crippen molar-refractivity contribution in [2.45, 2.75) is 17.8 Å². The number of nitriles is 1. The van der Waals surface area contributed by atoms with Crippen LogP contribution in [0.1, 0.15) is 6.42 Å². The highest BCUT2D eigenvalue weighted by atomic mass is 32.2. The molecular formula is C10H9N3O4S. The number of carbonyl (C=O) groups excluding carboxylic acids is 2. The number of fused-ring (bicyclic) bond motifs is 1. The molecule has 0 bridgehead atoms. The number of carboxylic acid groups (broad SMARTS) is 1. The Morgan fingerprint density at radius 1 is 1.67 bits per heavy atom. The van der Waals surface area contributed by atoms with Crippen LogP contribution in [0.5, 0.6) is 0 Å². The monoisotopic (exact) mass is 267 g/mol. The van der Waals surface area contributed by atoms with Crippen molar-refractivity contribution in [3.63, 3.8) is 0 Å². The number of amides is 2. The molecule has 0 aromatic carbocycles. The van der Waals surface area contributed by atoms with Gasteiger partial charge in [-0.15, -0.1) is 11.8 Å². The van der Waals surface area contributed by atoms with Crippen molar-refractivity contribution in [3.05, 3.63) is 11.8 Å². The van der Waals surface area contributed by atoms with Crippen LogP contribution in [0, 0.1) is 11.3 Å². The largest absolute Gasteiger partial charge is 0.477 e. The lowest BCUT2D eigenvalue weighted by atomic mass is 10.1. The first-order valence-electron chi connectivity index (χ1n) is 5.10. The van der Waals surface area contributed by atoms with Crippen LogP contribution in [0.4, 0.5) is 0 Å². The van der Waals surface area contributed by atoms with Crippen LogP contribution < -0.4 is 5.32 Å². The van der Waals surface area contributed by atoms with Crippen LogP contribution in [0.3, 0.4) is 0 Å². The lowest BCUT2D eigenvalue weighted by molar-refractivity contribution is -0.150. The normalized spacial score (nSPS) is 25.4. The van der Waals surface area contributed by atoms with E-state index in [4.69, 9.17) is 10.4 Å². The van der Waals surface area contributed by atoms with E-state index < -0.39 is 29.2 Å². The van der Waals surface area contributed by atoms with Gasteiger partial charge < -0.3 is 10.4 Å². The van der Waals surface area contributed by atoms with E-state index in [1.807, 2.05) is 0 Å². The smallest absolute Gasteiger partial charge is 0.352 e. The molecule has 2 aliphatic rings. The highest BCUT2D eigenvalue weighted by molar-refractivity contribution is 8.00. The minimum absolute atomic E-state index is 0.0467. The second kappa shape index (κ2) is 4.70. The molecule has 2 amide bonds. The van der Waals surface area contributed by atoms with E-state index >= 15 is 0 Å². The molecule has 2 N–H and O–H groups in total. The standard InChI is InChI=1S/C10H9N3O4S/c11-3-1-6(14)12-7-8(15)13-5(10(16)17)2-4-18-9(7)13/h2,7,9H,1,4H2,(H,12,14)(H,16,17)/t7-,9-/m1/s1. The minimum Gasteiger partial charge on any atom is -0.477 e. The third-order valence-electron chi connectivity index (χ3n) is 2.62. The van der Waals surface area contributed by atoms with Gasteiger partial charge in [0, 0.05) is 5.75 Å². The van der Waals surface area contributed by atoms with Gasteiger partial charge in [0.15, 0.2) is 0 Å². The number of aliphatic carboxylic acids is 1. The van der Waals surface area contributed by atoms with Gasteiger partial charge in [0.05, 0.1) is 6.07 Å². The predicted octanol–water partition coefficient (Wildman–Crippen LogP) is -0.732. The van der Waals surface area contributed by atoms with E-state index in [1.165, 1.54) is 17.8 Å². The lowest BCUT2D eigenvalue weighted by Crippen LogP contribution is -2.70. The van der Waals surface area contributed by atoms with Gasteiger partial charge in [0.2, 0.25) is 5.91 Å². The Morgan fingerprint density at radius 3 is 3.00 bits per heavy atom. The van der Waals surface area contributed by atoms with E-state index in [1.54, 1.807) is 6.07 Å². The Bertz CT molecular complexity index is 496. The first kappa shape index (κ1) is 12.4. The molecule has 2 rings (SSSR count). The Balaban J connectivity index is 2.07. The van der Waals surface area contributed by atoms with Crippen molar-refractivity contribution in [1.29, 1.82) is 5.26 Å². The molecule has 8 heteroatoms. The molecule has 0 unspecified atom stereocenters. The SMILES string of the molecule is N#CCC(=O)N[C@@H]1C(=O)N2C(C(=O)O)=CCS[C@H]12. The van der Waals surface area contributed by atoms with Crippen molar-refractivity contribution >= 4 is 29.5 Å². The zero-order chi connectivity index (χ0) is 13.3. The molecule has 0 aliphatic carbocycles. The molecule has 7 nitrogen and oxygen atoms in total. The van der Waals surface area contributed by atoms with Gasteiger partial charge in [-0.2, -0.15) is 5.26 Å². The average molecular weight is 267 g/mol. The molecule has 0 aromatic heterocycles. The molecule has 2 atom stereocenters. The van der Waals surface area contributed by atoms with E-state index in [9.17, 15) is 14.4 Å². The Hall–Kier alpha value is -2.01. The number of nitrogens with one attached hydrogen (secondary N) is 1. The Labute approximate surface area is 106 Å². The molecule has 1 fully saturated rings. The minimum atomic E-state index is -1.16. The fourth-order valence-corrected chi connectivity index (χ4v) is 3.03. The summed E-state index contributed by atoms with van der Waals surface area (Å²) in [4.78, 5) is 35.1. The van der Waals surface area contributed by atoms with Crippen molar-refractivity contribution in [3.8, 4) is 6.07 Å². The maximum absolute atomic E-state index is 11.8. The molecule has 18 heavy (non-hydrogen) atoms. The summed E-state index contributed by atoms with van der Waals surface area (Å²) in [6.07, 6.45) is 1.15. The topological polar surface area (TPSA) is 111 Å². The van der Waals surface area contributed by atoms with Gasteiger partial charge >= 0.3 is 5.97 Å². The number of hydrogen-bond acceptors (Lipinski definition) is 5. The Morgan fingerprint density at radius 2 is 2.39 bits per heavy atom. The molecule has 0 spiro atoms. The van der Waals surface area contributed by atoms with Crippen LogP contribution in [0.15, 0.2) is 11.8 Å². The van der Waals surface area contributed by atoms with Gasteiger partial charge in [-0.25, -0.2) is 4.79 Å². The maximum atomic E-state index is 11.8. The third kappa shape index (κ3) is 1.93. The van der Waals surface area contributed by atoms with Crippen molar-refractivity contribution in [2.24, 2.45) is 0 Å². The third-order valence-corrected chi connectivity index (χ3v) is 3.81. The molecule has 0 radical (unpaired) electrons. The molecule has 0 aromatic rings. The zero-order valence-electron chi connectivity index (χ0n) is 9.12. The number of β-lactam (4-membered cyclic amide) rings is 1. The molecule has 94 valence electrons. The van der Waals surface area contributed by atoms with Gasteiger partial charge in [0.25, 0.3) is 5.91 Å². The highest BCUT2D eigenvalue weighted by Crippen LogP contribution is 2.37. The number of carboxylic acids is 1. The first-order chi connectivity index (χ1) is 8.56.